The van der Waals surface area contributed by atoms with Gasteiger partial charge < -0.3 is 4.90 Å². The number of para-hydroxylation sites is 1. The van der Waals surface area contributed by atoms with Gasteiger partial charge in [-0.05, 0) is 41.7 Å². The van der Waals surface area contributed by atoms with E-state index in [1.54, 1.807) is 11.8 Å². The van der Waals surface area contributed by atoms with Crippen molar-refractivity contribution in [3.8, 4) is 5.69 Å². The minimum atomic E-state index is 0.240. The van der Waals surface area contributed by atoms with E-state index in [-0.39, 0.29) is 5.91 Å². The summed E-state index contributed by atoms with van der Waals surface area (Å²) < 4.78 is 2.14. The predicted octanol–water partition coefficient (Wildman–Crippen LogP) is 5.32. The minimum Gasteiger partial charge on any atom is -0.338 e. The maximum atomic E-state index is 12.8. The molecule has 0 bridgehead atoms. The Labute approximate surface area is 204 Å². The molecule has 0 fully saturated rings. The van der Waals surface area contributed by atoms with Crippen molar-refractivity contribution in [2.75, 3.05) is 12.3 Å². The SMILES string of the molecule is O=C(CCCSc1nnc(Cc2ccccc2)n1-c1ccccc1)N1CCc2ccccc2C1. The van der Waals surface area contributed by atoms with Gasteiger partial charge >= 0.3 is 0 Å². The van der Waals surface area contributed by atoms with Gasteiger partial charge in [0, 0.05) is 37.4 Å². The molecule has 0 aliphatic carbocycles. The summed E-state index contributed by atoms with van der Waals surface area (Å²) >= 11 is 1.67. The van der Waals surface area contributed by atoms with Gasteiger partial charge in [-0.25, -0.2) is 0 Å². The topological polar surface area (TPSA) is 51.0 Å². The van der Waals surface area contributed by atoms with Gasteiger partial charge in [0.15, 0.2) is 5.16 Å². The predicted molar refractivity (Wildman–Crippen MR) is 136 cm³/mol. The van der Waals surface area contributed by atoms with E-state index in [2.05, 4.69) is 63.3 Å². The zero-order chi connectivity index (χ0) is 23.2. The molecule has 0 saturated carbocycles. The Bertz CT molecular complexity index is 1240. The van der Waals surface area contributed by atoms with E-state index in [1.165, 1.54) is 16.7 Å². The molecule has 4 aromatic rings. The summed E-state index contributed by atoms with van der Waals surface area (Å²) in [6, 6.07) is 29.0. The van der Waals surface area contributed by atoms with Gasteiger partial charge in [0.2, 0.25) is 5.91 Å². The van der Waals surface area contributed by atoms with Gasteiger partial charge in [0.1, 0.15) is 5.82 Å². The molecular formula is C28H28N4OS. The van der Waals surface area contributed by atoms with Crippen molar-refractivity contribution in [1.29, 1.82) is 0 Å². The molecule has 5 nitrogen and oxygen atoms in total. The van der Waals surface area contributed by atoms with E-state index < -0.39 is 0 Å². The van der Waals surface area contributed by atoms with Crippen molar-refractivity contribution >= 4 is 17.7 Å². The van der Waals surface area contributed by atoms with E-state index in [1.807, 2.05) is 41.3 Å². The van der Waals surface area contributed by atoms with Gasteiger partial charge in [-0.1, -0.05) is 84.6 Å². The van der Waals surface area contributed by atoms with Crippen molar-refractivity contribution in [2.45, 2.75) is 37.4 Å². The smallest absolute Gasteiger partial charge is 0.222 e. The number of thioether (sulfide) groups is 1. The quantitative estimate of drug-likeness (QED) is 0.260. The molecule has 3 aromatic carbocycles. The Morgan fingerprint density at radius 3 is 2.35 bits per heavy atom. The maximum Gasteiger partial charge on any atom is 0.222 e. The fourth-order valence-corrected chi connectivity index (χ4v) is 5.29. The number of nitrogens with zero attached hydrogens (tertiary/aromatic N) is 4. The summed E-state index contributed by atoms with van der Waals surface area (Å²) in [7, 11) is 0. The number of benzene rings is 3. The number of carbonyl (C=O) groups is 1. The molecule has 0 N–H and O–H groups in total. The molecule has 0 atom stereocenters. The zero-order valence-electron chi connectivity index (χ0n) is 19.1. The number of hydrogen-bond acceptors (Lipinski definition) is 4. The van der Waals surface area contributed by atoms with Crippen LogP contribution in [0.25, 0.3) is 5.69 Å². The Kier molecular flexibility index (Phi) is 7.05. The molecule has 1 amide bonds. The molecule has 1 aliphatic heterocycles. The number of hydrogen-bond donors (Lipinski definition) is 0. The highest BCUT2D eigenvalue weighted by atomic mass is 32.2. The normalized spacial score (nSPS) is 13.0. The lowest BCUT2D eigenvalue weighted by molar-refractivity contribution is -0.132. The fourth-order valence-electron chi connectivity index (χ4n) is 4.38. The first-order chi connectivity index (χ1) is 16.8. The van der Waals surface area contributed by atoms with Crippen LogP contribution in [0, 0.1) is 0 Å². The lowest BCUT2D eigenvalue weighted by Gasteiger charge is -2.29. The second-order valence-electron chi connectivity index (χ2n) is 8.52. The van der Waals surface area contributed by atoms with Crippen LogP contribution in [0.3, 0.4) is 0 Å². The standard InChI is InChI=1S/C28H28N4OS/c33-27(31-18-17-23-12-7-8-13-24(23)21-31)16-9-19-34-28-30-29-26(20-22-10-3-1-4-11-22)32(28)25-14-5-2-6-15-25/h1-8,10-15H,9,16-21H2. The third-order valence-electron chi connectivity index (χ3n) is 6.17. The lowest BCUT2D eigenvalue weighted by Crippen LogP contribution is -2.35. The molecule has 0 radical (unpaired) electrons. The van der Waals surface area contributed by atoms with Crippen LogP contribution in [0.5, 0.6) is 0 Å². The van der Waals surface area contributed by atoms with Crippen molar-refractivity contribution in [3.63, 3.8) is 0 Å². The van der Waals surface area contributed by atoms with Gasteiger partial charge in [0.25, 0.3) is 0 Å². The van der Waals surface area contributed by atoms with Crippen LogP contribution in [-0.2, 0) is 24.2 Å². The molecule has 0 spiro atoms. The summed E-state index contributed by atoms with van der Waals surface area (Å²) in [4.78, 5) is 14.8. The van der Waals surface area contributed by atoms with E-state index in [9.17, 15) is 4.79 Å². The summed E-state index contributed by atoms with van der Waals surface area (Å²) in [5, 5.41) is 9.89. The highest BCUT2D eigenvalue weighted by Gasteiger charge is 2.20. The number of carbonyl (C=O) groups excluding carboxylic acids is 1. The van der Waals surface area contributed by atoms with Crippen LogP contribution in [0.4, 0.5) is 0 Å². The highest BCUT2D eigenvalue weighted by molar-refractivity contribution is 7.99. The average Bonchev–Trinajstić information content (AvgIpc) is 3.29. The first kappa shape index (κ1) is 22.4. The molecule has 0 unspecified atom stereocenters. The minimum absolute atomic E-state index is 0.240. The number of amides is 1. The lowest BCUT2D eigenvalue weighted by atomic mass is 10.00. The molecule has 34 heavy (non-hydrogen) atoms. The molecule has 1 aromatic heterocycles. The van der Waals surface area contributed by atoms with E-state index in [4.69, 9.17) is 0 Å². The van der Waals surface area contributed by atoms with Crippen LogP contribution < -0.4 is 0 Å². The number of aromatic nitrogens is 3. The molecule has 2 heterocycles. The summed E-state index contributed by atoms with van der Waals surface area (Å²) in [6.45, 7) is 1.54. The van der Waals surface area contributed by atoms with Crippen molar-refractivity contribution in [3.05, 3.63) is 107 Å². The third-order valence-corrected chi connectivity index (χ3v) is 7.18. The molecule has 172 valence electrons. The van der Waals surface area contributed by atoms with Crippen LogP contribution in [0.2, 0.25) is 0 Å². The van der Waals surface area contributed by atoms with Crippen LogP contribution in [0.1, 0.15) is 35.4 Å². The first-order valence-electron chi connectivity index (χ1n) is 11.8. The highest BCUT2D eigenvalue weighted by Crippen LogP contribution is 2.25. The van der Waals surface area contributed by atoms with Crippen LogP contribution in [0.15, 0.2) is 90.1 Å². The summed E-state index contributed by atoms with van der Waals surface area (Å²) in [5.74, 6) is 1.99. The van der Waals surface area contributed by atoms with E-state index >= 15 is 0 Å². The zero-order valence-corrected chi connectivity index (χ0v) is 20.0. The molecule has 1 aliphatic rings. The summed E-state index contributed by atoms with van der Waals surface area (Å²) in [6.07, 6.45) is 3.04. The molecular weight excluding hydrogens is 440 g/mol. The Morgan fingerprint density at radius 1 is 0.853 bits per heavy atom. The van der Waals surface area contributed by atoms with Gasteiger partial charge in [0.05, 0.1) is 0 Å². The molecule has 5 rings (SSSR count). The van der Waals surface area contributed by atoms with Gasteiger partial charge in [-0.3, -0.25) is 9.36 Å². The van der Waals surface area contributed by atoms with Crippen molar-refractivity contribution in [2.24, 2.45) is 0 Å². The second kappa shape index (κ2) is 10.7. The van der Waals surface area contributed by atoms with Crippen molar-refractivity contribution in [1.82, 2.24) is 19.7 Å². The summed E-state index contributed by atoms with van der Waals surface area (Å²) in [5.41, 5.74) is 4.91. The largest absolute Gasteiger partial charge is 0.338 e. The Hall–Kier alpha value is -3.38. The van der Waals surface area contributed by atoms with Crippen molar-refractivity contribution < 1.29 is 4.79 Å². The van der Waals surface area contributed by atoms with E-state index in [0.29, 0.717) is 6.42 Å². The second-order valence-corrected chi connectivity index (χ2v) is 9.58. The molecule has 6 heteroatoms. The first-order valence-corrected chi connectivity index (χ1v) is 12.8. The third kappa shape index (κ3) is 5.23. The fraction of sp³-hybridized carbons (Fsp3) is 0.250. The molecule has 0 saturated heterocycles. The van der Waals surface area contributed by atoms with Gasteiger partial charge in [-0.2, -0.15) is 0 Å². The maximum absolute atomic E-state index is 12.8. The van der Waals surface area contributed by atoms with Crippen LogP contribution in [-0.4, -0.2) is 37.9 Å². The van der Waals surface area contributed by atoms with Gasteiger partial charge in [-0.15, -0.1) is 10.2 Å². The van der Waals surface area contributed by atoms with E-state index in [0.717, 1.165) is 54.8 Å². The van der Waals surface area contributed by atoms with Crippen LogP contribution >= 0.6 is 11.8 Å². The average molecular weight is 469 g/mol. The number of rotatable bonds is 8. The monoisotopic (exact) mass is 468 g/mol. The Balaban J connectivity index is 1.21. The number of fused-ring (bicyclic) bond motifs is 1. The Morgan fingerprint density at radius 2 is 1.56 bits per heavy atom.